The summed E-state index contributed by atoms with van der Waals surface area (Å²) in [7, 11) is 0. The first kappa shape index (κ1) is 18.5. The maximum atomic E-state index is 12.6. The number of halogens is 2. The van der Waals surface area contributed by atoms with E-state index in [1.165, 1.54) is 6.07 Å². The standard InChI is InChI=1S/C22H12BrClO4/c23-17-7-3-2-6-15(17)22(26)27-14-9-10-16-19(12-14)28-20(21(16)25)11-13-5-1-4-8-18(13)24/h1-12H/b20-11-. The van der Waals surface area contributed by atoms with Crippen LogP contribution in [0.4, 0.5) is 0 Å². The van der Waals surface area contributed by atoms with Crippen molar-refractivity contribution in [3.05, 3.63) is 98.7 Å². The number of hydrogen-bond donors (Lipinski definition) is 0. The van der Waals surface area contributed by atoms with Gasteiger partial charge in [0.25, 0.3) is 0 Å². The highest BCUT2D eigenvalue weighted by Gasteiger charge is 2.28. The van der Waals surface area contributed by atoms with E-state index in [1.807, 2.05) is 18.2 Å². The van der Waals surface area contributed by atoms with Crippen molar-refractivity contribution < 1.29 is 19.1 Å². The Kier molecular flexibility index (Phi) is 5.03. The molecule has 0 saturated carbocycles. The summed E-state index contributed by atoms with van der Waals surface area (Å²) in [5, 5.41) is 0.519. The quantitative estimate of drug-likeness (QED) is 0.279. The molecule has 6 heteroatoms. The zero-order chi connectivity index (χ0) is 19.7. The molecule has 4 rings (SSSR count). The monoisotopic (exact) mass is 454 g/mol. The molecule has 4 nitrogen and oxygen atoms in total. The van der Waals surface area contributed by atoms with Gasteiger partial charge in [0.2, 0.25) is 5.78 Å². The average Bonchev–Trinajstić information content (AvgIpc) is 2.99. The predicted octanol–water partition coefficient (Wildman–Crippen LogP) is 5.94. The van der Waals surface area contributed by atoms with Crippen LogP contribution in [-0.4, -0.2) is 11.8 Å². The summed E-state index contributed by atoms with van der Waals surface area (Å²) in [4.78, 5) is 24.9. The number of carbonyl (C=O) groups excluding carboxylic acids is 2. The Hall–Kier alpha value is -2.89. The van der Waals surface area contributed by atoms with Gasteiger partial charge in [-0.15, -0.1) is 0 Å². The number of rotatable bonds is 3. The predicted molar refractivity (Wildman–Crippen MR) is 110 cm³/mol. The fourth-order valence-electron chi connectivity index (χ4n) is 2.75. The molecule has 3 aromatic carbocycles. The van der Waals surface area contributed by atoms with Gasteiger partial charge in [0.1, 0.15) is 11.5 Å². The number of benzene rings is 3. The van der Waals surface area contributed by atoms with Crippen molar-refractivity contribution in [3.63, 3.8) is 0 Å². The van der Waals surface area contributed by atoms with Crippen molar-refractivity contribution in [1.82, 2.24) is 0 Å². The SMILES string of the molecule is O=C(Oc1ccc2c(c1)O/C(=C\c1ccccc1Cl)C2=O)c1ccccc1Br. The smallest absolute Gasteiger partial charge is 0.344 e. The van der Waals surface area contributed by atoms with Crippen LogP contribution in [0.2, 0.25) is 5.02 Å². The molecule has 0 N–H and O–H groups in total. The Morgan fingerprint density at radius 1 is 1.04 bits per heavy atom. The first-order chi connectivity index (χ1) is 13.5. The molecule has 0 fully saturated rings. The van der Waals surface area contributed by atoms with Crippen LogP contribution in [-0.2, 0) is 0 Å². The highest BCUT2D eigenvalue weighted by atomic mass is 79.9. The Balaban J connectivity index is 1.58. The van der Waals surface area contributed by atoms with Crippen LogP contribution < -0.4 is 9.47 Å². The molecule has 0 aliphatic carbocycles. The van der Waals surface area contributed by atoms with E-state index in [1.54, 1.807) is 48.5 Å². The van der Waals surface area contributed by atoms with Crippen molar-refractivity contribution in [1.29, 1.82) is 0 Å². The largest absolute Gasteiger partial charge is 0.452 e. The van der Waals surface area contributed by atoms with Crippen molar-refractivity contribution in [2.75, 3.05) is 0 Å². The third-order valence-electron chi connectivity index (χ3n) is 4.14. The Bertz CT molecular complexity index is 1140. The molecule has 0 atom stereocenters. The molecule has 0 radical (unpaired) electrons. The number of Topliss-reactive ketones (excluding diaryl/α,β-unsaturated/α-hetero) is 1. The zero-order valence-corrected chi connectivity index (χ0v) is 16.7. The molecule has 138 valence electrons. The molecule has 1 heterocycles. The fourth-order valence-corrected chi connectivity index (χ4v) is 3.39. The van der Waals surface area contributed by atoms with Crippen molar-refractivity contribution in [2.24, 2.45) is 0 Å². The Morgan fingerprint density at radius 3 is 2.57 bits per heavy atom. The third kappa shape index (κ3) is 3.59. The second-order valence-corrected chi connectivity index (χ2v) is 7.25. The molecular formula is C22H12BrClO4. The summed E-state index contributed by atoms with van der Waals surface area (Å²) in [6.45, 7) is 0. The van der Waals surface area contributed by atoms with Gasteiger partial charge in [-0.3, -0.25) is 4.79 Å². The van der Waals surface area contributed by atoms with Gasteiger partial charge in [-0.25, -0.2) is 4.79 Å². The van der Waals surface area contributed by atoms with Crippen LogP contribution in [0.5, 0.6) is 11.5 Å². The minimum Gasteiger partial charge on any atom is -0.452 e. The van der Waals surface area contributed by atoms with E-state index in [0.29, 0.717) is 31.9 Å². The summed E-state index contributed by atoms with van der Waals surface area (Å²) in [6, 6.07) is 18.8. The molecule has 28 heavy (non-hydrogen) atoms. The average molecular weight is 456 g/mol. The summed E-state index contributed by atoms with van der Waals surface area (Å²) < 4.78 is 11.7. The number of esters is 1. The summed E-state index contributed by atoms with van der Waals surface area (Å²) >= 11 is 9.47. The van der Waals surface area contributed by atoms with Gasteiger partial charge in [-0.1, -0.05) is 41.9 Å². The number of carbonyl (C=O) groups is 2. The van der Waals surface area contributed by atoms with Crippen molar-refractivity contribution in [2.45, 2.75) is 0 Å². The van der Waals surface area contributed by atoms with Crippen LogP contribution in [0.3, 0.4) is 0 Å². The number of hydrogen-bond acceptors (Lipinski definition) is 4. The minimum atomic E-state index is -0.511. The van der Waals surface area contributed by atoms with Gasteiger partial charge < -0.3 is 9.47 Å². The van der Waals surface area contributed by atoms with Crippen molar-refractivity contribution in [3.8, 4) is 11.5 Å². The maximum absolute atomic E-state index is 12.6. The molecule has 0 amide bonds. The van der Waals surface area contributed by atoms with Crippen LogP contribution in [0.1, 0.15) is 26.3 Å². The van der Waals surface area contributed by atoms with Crippen LogP contribution in [0.25, 0.3) is 6.08 Å². The number of allylic oxidation sites excluding steroid dienone is 1. The fraction of sp³-hybridized carbons (Fsp3) is 0. The summed E-state index contributed by atoms with van der Waals surface area (Å²) in [5.74, 6) is 0.0200. The molecule has 0 saturated heterocycles. The lowest BCUT2D eigenvalue weighted by atomic mass is 10.1. The van der Waals surface area contributed by atoms with Gasteiger partial charge in [-0.05, 0) is 57.9 Å². The Labute approximate surface area is 174 Å². The lowest BCUT2D eigenvalue weighted by Gasteiger charge is -2.07. The highest BCUT2D eigenvalue weighted by Crippen LogP contribution is 2.35. The molecular weight excluding hydrogens is 444 g/mol. The van der Waals surface area contributed by atoms with E-state index >= 15 is 0 Å². The van der Waals surface area contributed by atoms with E-state index in [2.05, 4.69) is 15.9 Å². The number of ketones is 1. The molecule has 0 spiro atoms. The second kappa shape index (κ2) is 7.62. The molecule has 3 aromatic rings. The van der Waals surface area contributed by atoms with E-state index in [4.69, 9.17) is 21.1 Å². The van der Waals surface area contributed by atoms with E-state index in [-0.39, 0.29) is 17.3 Å². The van der Waals surface area contributed by atoms with Gasteiger partial charge in [0.15, 0.2) is 5.76 Å². The summed E-state index contributed by atoms with van der Waals surface area (Å²) in [5.41, 5.74) is 1.49. The van der Waals surface area contributed by atoms with Gasteiger partial charge in [0.05, 0.1) is 11.1 Å². The third-order valence-corrected chi connectivity index (χ3v) is 5.17. The molecule has 1 aliphatic heterocycles. The molecule has 0 bridgehead atoms. The normalized spacial score (nSPS) is 13.9. The van der Waals surface area contributed by atoms with Gasteiger partial charge in [-0.2, -0.15) is 0 Å². The van der Waals surface area contributed by atoms with Gasteiger partial charge in [0, 0.05) is 15.6 Å². The summed E-state index contributed by atoms with van der Waals surface area (Å²) in [6.07, 6.45) is 1.59. The molecule has 0 aromatic heterocycles. The van der Waals surface area contributed by atoms with Crippen LogP contribution in [0.15, 0.2) is 77.0 Å². The van der Waals surface area contributed by atoms with Gasteiger partial charge >= 0.3 is 5.97 Å². The van der Waals surface area contributed by atoms with E-state index in [9.17, 15) is 9.59 Å². The Morgan fingerprint density at radius 2 is 1.79 bits per heavy atom. The topological polar surface area (TPSA) is 52.6 Å². The maximum Gasteiger partial charge on any atom is 0.344 e. The van der Waals surface area contributed by atoms with Crippen LogP contribution in [0, 0.1) is 0 Å². The first-order valence-corrected chi connectivity index (χ1v) is 9.49. The van der Waals surface area contributed by atoms with Crippen LogP contribution >= 0.6 is 27.5 Å². The lowest BCUT2D eigenvalue weighted by Crippen LogP contribution is -2.09. The second-order valence-electron chi connectivity index (χ2n) is 5.99. The molecule has 0 unspecified atom stereocenters. The van der Waals surface area contributed by atoms with E-state index < -0.39 is 5.97 Å². The highest BCUT2D eigenvalue weighted by molar-refractivity contribution is 9.10. The molecule has 1 aliphatic rings. The number of ether oxygens (including phenoxy) is 2. The lowest BCUT2D eigenvalue weighted by molar-refractivity contribution is 0.0733. The number of fused-ring (bicyclic) bond motifs is 1. The van der Waals surface area contributed by atoms with Crippen molar-refractivity contribution >= 4 is 45.4 Å². The first-order valence-electron chi connectivity index (χ1n) is 8.32. The van der Waals surface area contributed by atoms with E-state index in [0.717, 1.165) is 0 Å². The zero-order valence-electron chi connectivity index (χ0n) is 14.3. The minimum absolute atomic E-state index is 0.164.